The van der Waals surface area contributed by atoms with Crippen LogP contribution in [-0.4, -0.2) is 17.9 Å². The Morgan fingerprint density at radius 2 is 1.83 bits per heavy atom. The van der Waals surface area contributed by atoms with Gasteiger partial charge in [0, 0.05) is 6.07 Å². The Bertz CT molecular complexity index is 612. The van der Waals surface area contributed by atoms with Crippen LogP contribution in [0.25, 0.3) is 0 Å². The van der Waals surface area contributed by atoms with Crippen molar-refractivity contribution in [3.63, 3.8) is 0 Å². The van der Waals surface area contributed by atoms with Gasteiger partial charge >= 0.3 is 6.18 Å². The quantitative estimate of drug-likeness (QED) is 0.514. The van der Waals surface area contributed by atoms with Crippen LogP contribution in [0.5, 0.6) is 0 Å². The Morgan fingerprint density at radius 3 is 2.17 bits per heavy atom. The zero-order chi connectivity index (χ0) is 14.3. The Balaban J connectivity index is 3.91. The standard InChI is InChI=1S/C7H3ClF3NO5S/c8-3-1-2-4(12(13)14)5(7(9,10)11)6(3)18(15,16)17/h1-2H,(H,15,16,17). The molecule has 0 aliphatic carbocycles. The number of nitrogens with zero attached hydrogens (tertiary/aromatic N) is 1. The summed E-state index contributed by atoms with van der Waals surface area (Å²) in [5.41, 5.74) is -3.62. The molecule has 6 nitrogen and oxygen atoms in total. The first-order chi connectivity index (χ1) is 7.96. The summed E-state index contributed by atoms with van der Waals surface area (Å²) in [5.74, 6) is 0. The normalized spacial score (nSPS) is 12.5. The molecule has 0 aromatic heterocycles. The minimum Gasteiger partial charge on any atom is -0.282 e. The molecule has 1 N–H and O–H groups in total. The van der Waals surface area contributed by atoms with Crippen molar-refractivity contribution < 1.29 is 31.1 Å². The summed E-state index contributed by atoms with van der Waals surface area (Å²) in [4.78, 5) is 7.29. The van der Waals surface area contributed by atoms with Gasteiger partial charge in [-0.25, -0.2) is 0 Å². The van der Waals surface area contributed by atoms with Crippen molar-refractivity contribution in [3.8, 4) is 0 Å². The number of rotatable bonds is 2. The van der Waals surface area contributed by atoms with Gasteiger partial charge in [-0.3, -0.25) is 14.7 Å². The molecule has 0 unspecified atom stereocenters. The summed E-state index contributed by atoms with van der Waals surface area (Å²) in [7, 11) is -5.36. The molecule has 0 amide bonds. The van der Waals surface area contributed by atoms with E-state index in [9.17, 15) is 31.7 Å². The molecule has 0 saturated heterocycles. The van der Waals surface area contributed by atoms with E-state index in [1.165, 1.54) is 0 Å². The second-order valence-electron chi connectivity index (χ2n) is 3.00. The third-order valence-corrected chi connectivity index (χ3v) is 3.19. The summed E-state index contributed by atoms with van der Waals surface area (Å²) in [6.07, 6.45) is -5.36. The van der Waals surface area contributed by atoms with E-state index >= 15 is 0 Å². The van der Waals surface area contributed by atoms with Gasteiger partial charge in [0.2, 0.25) is 0 Å². The SMILES string of the molecule is O=[N+]([O-])c1ccc(Cl)c(S(=O)(=O)O)c1C(F)(F)F. The van der Waals surface area contributed by atoms with Crippen LogP contribution in [0.1, 0.15) is 5.56 Å². The van der Waals surface area contributed by atoms with Crippen LogP contribution < -0.4 is 0 Å². The van der Waals surface area contributed by atoms with Crippen LogP contribution in [0, 0.1) is 10.1 Å². The van der Waals surface area contributed by atoms with Crippen LogP contribution in [0.2, 0.25) is 5.02 Å². The highest BCUT2D eigenvalue weighted by atomic mass is 35.5. The van der Waals surface area contributed by atoms with Gasteiger partial charge in [0.1, 0.15) is 4.90 Å². The lowest BCUT2D eigenvalue weighted by molar-refractivity contribution is -0.388. The molecular weight excluding hydrogens is 303 g/mol. The summed E-state index contributed by atoms with van der Waals surface area (Å²) < 4.78 is 68.3. The molecule has 1 aromatic carbocycles. The fraction of sp³-hybridized carbons (Fsp3) is 0.143. The minimum absolute atomic E-state index is 0.403. The Kier molecular flexibility index (Phi) is 3.56. The van der Waals surface area contributed by atoms with Crippen molar-refractivity contribution in [1.82, 2.24) is 0 Å². The van der Waals surface area contributed by atoms with Gasteiger partial charge < -0.3 is 0 Å². The van der Waals surface area contributed by atoms with E-state index in [-0.39, 0.29) is 0 Å². The molecule has 0 aliphatic heterocycles. The predicted molar refractivity (Wildman–Crippen MR) is 52.9 cm³/mol. The Morgan fingerprint density at radius 1 is 1.33 bits per heavy atom. The minimum atomic E-state index is -5.36. The molecule has 0 atom stereocenters. The number of hydrogen-bond donors (Lipinski definition) is 1. The lowest BCUT2D eigenvalue weighted by Crippen LogP contribution is -2.16. The van der Waals surface area contributed by atoms with Gasteiger partial charge in [-0.2, -0.15) is 21.6 Å². The van der Waals surface area contributed by atoms with Crippen molar-refractivity contribution in [2.75, 3.05) is 0 Å². The average molecular weight is 306 g/mol. The number of nitro groups is 1. The Hall–Kier alpha value is -1.39. The summed E-state index contributed by atoms with van der Waals surface area (Å²) in [6, 6.07) is 0.984. The molecule has 11 heteroatoms. The average Bonchev–Trinajstić information content (AvgIpc) is 2.13. The van der Waals surface area contributed by atoms with Crippen LogP contribution in [-0.2, 0) is 16.3 Å². The maximum atomic E-state index is 12.6. The van der Waals surface area contributed by atoms with Crippen LogP contribution in [0.3, 0.4) is 0 Å². The molecule has 18 heavy (non-hydrogen) atoms. The van der Waals surface area contributed by atoms with E-state index < -0.39 is 42.4 Å². The lowest BCUT2D eigenvalue weighted by Gasteiger charge is -2.12. The third kappa shape index (κ3) is 2.71. The van der Waals surface area contributed by atoms with Gasteiger partial charge in [0.05, 0.1) is 9.95 Å². The molecule has 0 fully saturated rings. The number of benzene rings is 1. The smallest absolute Gasteiger partial charge is 0.282 e. The molecule has 0 heterocycles. The number of hydrogen-bond acceptors (Lipinski definition) is 4. The monoisotopic (exact) mass is 305 g/mol. The lowest BCUT2D eigenvalue weighted by atomic mass is 10.1. The molecule has 0 radical (unpaired) electrons. The maximum absolute atomic E-state index is 12.6. The first-order valence-electron chi connectivity index (χ1n) is 3.98. The second-order valence-corrected chi connectivity index (χ2v) is 4.77. The molecule has 0 saturated carbocycles. The van der Waals surface area contributed by atoms with Crippen LogP contribution in [0.4, 0.5) is 18.9 Å². The predicted octanol–water partition coefficient (Wildman–Crippen LogP) is 2.51. The van der Waals surface area contributed by atoms with Crippen molar-refractivity contribution in [2.45, 2.75) is 11.1 Å². The number of halogens is 4. The van der Waals surface area contributed by atoms with Crippen LogP contribution in [0.15, 0.2) is 17.0 Å². The molecule has 0 bridgehead atoms. The highest BCUT2D eigenvalue weighted by Gasteiger charge is 2.45. The first-order valence-corrected chi connectivity index (χ1v) is 5.79. The number of alkyl halides is 3. The highest BCUT2D eigenvalue weighted by Crippen LogP contribution is 2.43. The highest BCUT2D eigenvalue weighted by molar-refractivity contribution is 7.86. The molecular formula is C7H3ClF3NO5S. The van der Waals surface area contributed by atoms with Gasteiger partial charge in [-0.1, -0.05) is 11.6 Å². The molecule has 0 spiro atoms. The summed E-state index contributed by atoms with van der Waals surface area (Å²) >= 11 is 5.23. The topological polar surface area (TPSA) is 97.5 Å². The van der Waals surface area contributed by atoms with Gasteiger partial charge in [0.25, 0.3) is 15.8 Å². The molecule has 1 rings (SSSR count). The van der Waals surface area contributed by atoms with E-state index in [2.05, 4.69) is 0 Å². The van der Waals surface area contributed by atoms with Crippen molar-refractivity contribution >= 4 is 27.4 Å². The van der Waals surface area contributed by atoms with E-state index in [1.807, 2.05) is 0 Å². The molecule has 100 valence electrons. The van der Waals surface area contributed by atoms with E-state index in [0.717, 1.165) is 0 Å². The maximum Gasteiger partial charge on any atom is 0.424 e. The first kappa shape index (κ1) is 14.7. The fourth-order valence-corrected chi connectivity index (χ4v) is 2.47. The summed E-state index contributed by atoms with van der Waals surface area (Å²) in [6.45, 7) is 0. The van der Waals surface area contributed by atoms with Gasteiger partial charge in [0.15, 0.2) is 5.56 Å². The van der Waals surface area contributed by atoms with Crippen molar-refractivity contribution in [1.29, 1.82) is 0 Å². The van der Waals surface area contributed by atoms with E-state index in [4.69, 9.17) is 16.2 Å². The third-order valence-electron chi connectivity index (χ3n) is 1.83. The van der Waals surface area contributed by atoms with E-state index in [1.54, 1.807) is 0 Å². The second kappa shape index (κ2) is 4.37. The van der Waals surface area contributed by atoms with Gasteiger partial charge in [-0.05, 0) is 6.07 Å². The zero-order valence-electron chi connectivity index (χ0n) is 8.10. The molecule has 1 aromatic rings. The fourth-order valence-electron chi connectivity index (χ4n) is 1.23. The van der Waals surface area contributed by atoms with Gasteiger partial charge in [-0.15, -0.1) is 0 Å². The van der Waals surface area contributed by atoms with Crippen molar-refractivity contribution in [3.05, 3.63) is 32.8 Å². The molecule has 0 aliphatic rings. The summed E-state index contributed by atoms with van der Waals surface area (Å²) in [5, 5.41) is 9.48. The van der Waals surface area contributed by atoms with E-state index in [0.29, 0.717) is 12.1 Å². The largest absolute Gasteiger partial charge is 0.424 e. The number of nitro benzene ring substituents is 1. The van der Waals surface area contributed by atoms with Crippen LogP contribution >= 0.6 is 11.6 Å². The zero-order valence-corrected chi connectivity index (χ0v) is 9.67. The van der Waals surface area contributed by atoms with Crippen molar-refractivity contribution in [2.24, 2.45) is 0 Å². The Labute approximate surface area is 103 Å².